The smallest absolute Gasteiger partial charge is 0.283 e. The number of aryl methyl sites for hydroxylation is 1. The summed E-state index contributed by atoms with van der Waals surface area (Å²) in [4.78, 5) is 39.5. The molecule has 1 aliphatic heterocycles. The van der Waals surface area contributed by atoms with Crippen LogP contribution in [-0.2, 0) is 9.59 Å². The van der Waals surface area contributed by atoms with Crippen LogP contribution in [0.25, 0.3) is 0 Å². The van der Waals surface area contributed by atoms with Crippen molar-refractivity contribution >= 4 is 58.0 Å². The monoisotopic (exact) mass is 525 g/mol. The number of halogens is 2. The Hall–Kier alpha value is -4.01. The minimum atomic E-state index is -0.705. The molecule has 1 aliphatic rings. The molecule has 0 radical (unpaired) electrons. The number of hydrogen-bond donors (Lipinski definition) is 2. The van der Waals surface area contributed by atoms with Gasteiger partial charge in [-0.15, -0.1) is 0 Å². The summed E-state index contributed by atoms with van der Waals surface area (Å²) in [5, 5.41) is 5.94. The van der Waals surface area contributed by atoms with E-state index in [1.807, 2.05) is 13.0 Å². The van der Waals surface area contributed by atoms with E-state index in [-0.39, 0.29) is 22.3 Å². The van der Waals surface area contributed by atoms with Gasteiger partial charge >= 0.3 is 0 Å². The van der Waals surface area contributed by atoms with Crippen LogP contribution in [0.4, 0.5) is 17.1 Å². The average Bonchev–Trinajstić information content (AvgIpc) is 3.09. The Labute approximate surface area is 217 Å². The van der Waals surface area contributed by atoms with Crippen molar-refractivity contribution in [3.63, 3.8) is 0 Å². The number of imide groups is 1. The molecule has 0 fully saturated rings. The first kappa shape index (κ1) is 25.1. The molecule has 4 rings (SSSR count). The van der Waals surface area contributed by atoms with Gasteiger partial charge in [-0.05, 0) is 61.0 Å². The third kappa shape index (κ3) is 4.86. The van der Waals surface area contributed by atoms with E-state index in [0.29, 0.717) is 33.5 Å². The molecule has 0 unspecified atom stereocenters. The topological polar surface area (TPSA) is 97.0 Å². The molecule has 8 nitrogen and oxygen atoms in total. The molecule has 1 heterocycles. The van der Waals surface area contributed by atoms with E-state index in [4.69, 9.17) is 32.7 Å². The summed E-state index contributed by atoms with van der Waals surface area (Å²) in [6, 6.07) is 16.3. The molecule has 184 valence electrons. The molecule has 0 saturated heterocycles. The molecule has 10 heteroatoms. The Balaban J connectivity index is 1.51. The number of ether oxygens (including phenoxy) is 2. The Morgan fingerprint density at radius 3 is 2.19 bits per heavy atom. The Morgan fingerprint density at radius 1 is 0.861 bits per heavy atom. The number of methoxy groups -OCH3 is 2. The number of nitrogens with one attached hydrogen (secondary N) is 2. The number of amides is 3. The summed E-state index contributed by atoms with van der Waals surface area (Å²) in [6.07, 6.45) is 0. The van der Waals surface area contributed by atoms with Gasteiger partial charge in [-0.25, -0.2) is 4.90 Å². The van der Waals surface area contributed by atoms with Gasteiger partial charge in [-0.2, -0.15) is 0 Å². The predicted octanol–water partition coefficient (Wildman–Crippen LogP) is 5.35. The van der Waals surface area contributed by atoms with E-state index in [1.54, 1.807) is 48.5 Å². The number of rotatable bonds is 7. The van der Waals surface area contributed by atoms with Crippen LogP contribution in [0.5, 0.6) is 11.5 Å². The minimum Gasteiger partial charge on any atom is -0.497 e. The molecular formula is C26H21Cl2N3O5. The van der Waals surface area contributed by atoms with Crippen LogP contribution < -0.4 is 25.0 Å². The first-order valence-electron chi connectivity index (χ1n) is 10.7. The molecule has 3 amide bonds. The zero-order chi connectivity index (χ0) is 26.0. The summed E-state index contributed by atoms with van der Waals surface area (Å²) in [6.45, 7) is 1.87. The van der Waals surface area contributed by atoms with Crippen LogP contribution in [-0.4, -0.2) is 31.9 Å². The van der Waals surface area contributed by atoms with Crippen LogP contribution in [0, 0.1) is 6.92 Å². The van der Waals surface area contributed by atoms with Crippen molar-refractivity contribution < 1.29 is 23.9 Å². The summed E-state index contributed by atoms with van der Waals surface area (Å²) in [7, 11) is 2.90. The summed E-state index contributed by atoms with van der Waals surface area (Å²) < 4.78 is 10.5. The van der Waals surface area contributed by atoms with Crippen LogP contribution in [0.1, 0.15) is 15.9 Å². The quantitative estimate of drug-likeness (QED) is 0.403. The number of benzene rings is 3. The zero-order valence-corrected chi connectivity index (χ0v) is 21.0. The van der Waals surface area contributed by atoms with Crippen LogP contribution >= 0.6 is 23.2 Å². The first-order valence-corrected chi connectivity index (χ1v) is 11.4. The number of hydrogen-bond acceptors (Lipinski definition) is 6. The van der Waals surface area contributed by atoms with Gasteiger partial charge < -0.3 is 20.1 Å². The molecule has 0 saturated carbocycles. The Bertz CT molecular complexity index is 1400. The maximum Gasteiger partial charge on any atom is 0.283 e. The fourth-order valence-electron chi connectivity index (χ4n) is 3.52. The maximum atomic E-state index is 13.2. The third-order valence-corrected chi connectivity index (χ3v) is 6.26. The van der Waals surface area contributed by atoms with Crippen LogP contribution in [0.3, 0.4) is 0 Å². The summed E-state index contributed by atoms with van der Waals surface area (Å²) >= 11 is 12.4. The van der Waals surface area contributed by atoms with E-state index in [0.717, 1.165) is 10.5 Å². The fourth-order valence-corrected chi connectivity index (χ4v) is 3.92. The van der Waals surface area contributed by atoms with E-state index < -0.39 is 11.8 Å². The highest BCUT2D eigenvalue weighted by Crippen LogP contribution is 2.38. The lowest BCUT2D eigenvalue weighted by molar-refractivity contribution is -0.120. The molecule has 0 aromatic heterocycles. The Kier molecular flexibility index (Phi) is 7.19. The van der Waals surface area contributed by atoms with Crippen molar-refractivity contribution in [2.45, 2.75) is 6.92 Å². The van der Waals surface area contributed by atoms with E-state index in [2.05, 4.69) is 10.6 Å². The molecule has 2 N–H and O–H groups in total. The van der Waals surface area contributed by atoms with Gasteiger partial charge in [0.25, 0.3) is 17.7 Å². The molecule has 3 aromatic carbocycles. The van der Waals surface area contributed by atoms with Crippen LogP contribution in [0.15, 0.2) is 71.4 Å². The molecule has 0 atom stereocenters. The fraction of sp³-hybridized carbons (Fsp3) is 0.115. The number of anilines is 3. The van der Waals surface area contributed by atoms with Gasteiger partial charge in [-0.1, -0.05) is 29.3 Å². The number of nitrogens with zero attached hydrogens (tertiary/aromatic N) is 1. The van der Waals surface area contributed by atoms with Crippen molar-refractivity contribution in [1.29, 1.82) is 0 Å². The average molecular weight is 526 g/mol. The van der Waals surface area contributed by atoms with Gasteiger partial charge in [-0.3, -0.25) is 14.4 Å². The van der Waals surface area contributed by atoms with E-state index in [9.17, 15) is 14.4 Å². The second-order valence-corrected chi connectivity index (χ2v) is 8.58. The zero-order valence-electron chi connectivity index (χ0n) is 19.5. The summed E-state index contributed by atoms with van der Waals surface area (Å²) in [5.74, 6) is -0.959. The van der Waals surface area contributed by atoms with Crippen molar-refractivity contribution in [3.8, 4) is 11.5 Å². The van der Waals surface area contributed by atoms with Crippen molar-refractivity contribution in [3.05, 3.63) is 87.5 Å². The lowest BCUT2D eigenvalue weighted by atomic mass is 10.1. The summed E-state index contributed by atoms with van der Waals surface area (Å²) in [5.41, 5.74) is 2.41. The van der Waals surface area contributed by atoms with Gasteiger partial charge in [0.15, 0.2) is 0 Å². The third-order valence-electron chi connectivity index (χ3n) is 5.50. The minimum absolute atomic E-state index is 0.0990. The lowest BCUT2D eigenvalue weighted by Crippen LogP contribution is -2.32. The molecule has 0 spiro atoms. The lowest BCUT2D eigenvalue weighted by Gasteiger charge is -2.19. The standard InChI is InChI=1S/C26H21Cl2N3O5/c1-14-4-7-17(12-19(14)27)30-24(32)15-5-8-16(9-6-15)29-23-22(28)25(33)31(26(23)34)20-13-18(35-2)10-11-21(20)36-3/h4-13,29H,1-3H3,(H,30,32). The number of carbonyl (C=O) groups is 3. The van der Waals surface area contributed by atoms with Crippen LogP contribution in [0.2, 0.25) is 5.02 Å². The highest BCUT2D eigenvalue weighted by atomic mass is 35.5. The molecule has 0 aliphatic carbocycles. The van der Waals surface area contributed by atoms with Crippen molar-refractivity contribution in [1.82, 2.24) is 0 Å². The second-order valence-electron chi connectivity index (χ2n) is 7.79. The molecule has 3 aromatic rings. The largest absolute Gasteiger partial charge is 0.497 e. The predicted molar refractivity (Wildman–Crippen MR) is 139 cm³/mol. The molecule has 0 bridgehead atoms. The second kappa shape index (κ2) is 10.3. The Morgan fingerprint density at radius 2 is 1.56 bits per heavy atom. The van der Waals surface area contributed by atoms with Crippen molar-refractivity contribution in [2.24, 2.45) is 0 Å². The van der Waals surface area contributed by atoms with Gasteiger partial charge in [0.05, 0.1) is 19.9 Å². The van der Waals surface area contributed by atoms with Gasteiger partial charge in [0, 0.05) is 28.0 Å². The molecule has 36 heavy (non-hydrogen) atoms. The van der Waals surface area contributed by atoms with Crippen molar-refractivity contribution in [2.75, 3.05) is 29.8 Å². The number of carbonyl (C=O) groups excluding carboxylic acids is 3. The SMILES string of the molecule is COc1ccc(OC)c(N2C(=O)C(Cl)=C(Nc3ccc(C(=O)Nc4ccc(C)c(Cl)c4)cc3)C2=O)c1. The van der Waals surface area contributed by atoms with Gasteiger partial charge in [0.2, 0.25) is 0 Å². The van der Waals surface area contributed by atoms with E-state index >= 15 is 0 Å². The normalized spacial score (nSPS) is 13.2. The highest BCUT2D eigenvalue weighted by molar-refractivity contribution is 6.53. The highest BCUT2D eigenvalue weighted by Gasteiger charge is 2.40. The first-order chi connectivity index (χ1) is 17.2. The maximum absolute atomic E-state index is 13.2. The molecular weight excluding hydrogens is 505 g/mol. The van der Waals surface area contributed by atoms with Gasteiger partial charge in [0.1, 0.15) is 22.2 Å². The van der Waals surface area contributed by atoms with E-state index in [1.165, 1.54) is 20.3 Å².